The summed E-state index contributed by atoms with van der Waals surface area (Å²) in [5.41, 5.74) is 7.39. The third-order valence-corrected chi connectivity index (χ3v) is 4.29. The fourth-order valence-corrected chi connectivity index (χ4v) is 3.17. The molecule has 0 spiro atoms. The van der Waals surface area contributed by atoms with Crippen LogP contribution in [0.3, 0.4) is 0 Å². The maximum absolute atomic E-state index is 6.40. The minimum atomic E-state index is -0.134. The third kappa shape index (κ3) is 3.53. The number of hydrogen-bond acceptors (Lipinski definition) is 3. The Bertz CT molecular complexity index is 450. The second-order valence-corrected chi connectivity index (χ2v) is 6.52. The highest BCUT2D eigenvalue weighted by molar-refractivity contribution is 6.31. The summed E-state index contributed by atoms with van der Waals surface area (Å²) in [6.45, 7) is 8.88. The molecule has 1 aliphatic rings. The van der Waals surface area contributed by atoms with Crippen LogP contribution in [0.2, 0.25) is 5.02 Å². The van der Waals surface area contributed by atoms with Gasteiger partial charge in [-0.1, -0.05) is 36.7 Å². The van der Waals surface area contributed by atoms with Crippen molar-refractivity contribution >= 4 is 11.6 Å². The van der Waals surface area contributed by atoms with E-state index in [-0.39, 0.29) is 17.7 Å². The average Bonchev–Trinajstić information content (AvgIpc) is 2.40. The molecule has 2 unspecified atom stereocenters. The number of hydrogen-bond donors (Lipinski definition) is 1. The predicted molar refractivity (Wildman–Crippen MR) is 84.1 cm³/mol. The summed E-state index contributed by atoms with van der Waals surface area (Å²) in [5, 5.41) is 0.797. The largest absolute Gasteiger partial charge is 0.373 e. The van der Waals surface area contributed by atoms with E-state index in [2.05, 4.69) is 31.7 Å². The maximum Gasteiger partial charge on any atom is 0.0753 e. The number of halogens is 1. The highest BCUT2D eigenvalue weighted by atomic mass is 35.5. The Hall–Kier alpha value is -0.610. The highest BCUT2D eigenvalue weighted by Gasteiger charge is 2.34. The van der Waals surface area contributed by atoms with Gasteiger partial charge in [0, 0.05) is 24.2 Å². The van der Waals surface area contributed by atoms with E-state index < -0.39 is 0 Å². The molecule has 1 saturated heterocycles. The smallest absolute Gasteiger partial charge is 0.0753 e. The Balaban J connectivity index is 2.31. The lowest BCUT2D eigenvalue weighted by Crippen LogP contribution is -2.53. The van der Waals surface area contributed by atoms with Crippen molar-refractivity contribution < 1.29 is 4.74 Å². The number of rotatable bonds is 4. The molecular weight excluding hydrogens is 272 g/mol. The van der Waals surface area contributed by atoms with Crippen molar-refractivity contribution in [2.45, 2.75) is 44.9 Å². The standard InChI is InChI=1S/C16H25ClN2O/c1-4-14(18)15(12-7-5-6-8-13(12)17)19-9-10-20-16(2,3)11-19/h5-8,14-15H,4,9-11,18H2,1-3H3. The molecule has 2 atom stereocenters. The Morgan fingerprint density at radius 3 is 2.70 bits per heavy atom. The topological polar surface area (TPSA) is 38.5 Å². The molecule has 1 aromatic carbocycles. The summed E-state index contributed by atoms with van der Waals surface area (Å²) in [6.07, 6.45) is 0.924. The van der Waals surface area contributed by atoms with Crippen molar-refractivity contribution in [2.75, 3.05) is 19.7 Å². The van der Waals surface area contributed by atoms with Gasteiger partial charge in [-0.2, -0.15) is 0 Å². The second-order valence-electron chi connectivity index (χ2n) is 6.12. The molecule has 1 fully saturated rings. The molecule has 0 aromatic heterocycles. The van der Waals surface area contributed by atoms with E-state index in [1.807, 2.05) is 18.2 Å². The molecular formula is C16H25ClN2O. The zero-order chi connectivity index (χ0) is 14.8. The molecule has 2 N–H and O–H groups in total. The zero-order valence-corrected chi connectivity index (χ0v) is 13.4. The molecule has 0 aliphatic carbocycles. The van der Waals surface area contributed by atoms with Crippen molar-refractivity contribution in [1.29, 1.82) is 0 Å². The Kier molecular flexibility index (Phi) is 5.08. The number of ether oxygens (including phenoxy) is 1. The highest BCUT2D eigenvalue weighted by Crippen LogP contribution is 2.33. The quantitative estimate of drug-likeness (QED) is 0.927. The summed E-state index contributed by atoms with van der Waals surface area (Å²) >= 11 is 6.40. The lowest BCUT2D eigenvalue weighted by Gasteiger charge is -2.44. The van der Waals surface area contributed by atoms with Crippen molar-refractivity contribution in [3.8, 4) is 0 Å². The number of nitrogens with zero attached hydrogens (tertiary/aromatic N) is 1. The Morgan fingerprint density at radius 1 is 1.40 bits per heavy atom. The molecule has 3 nitrogen and oxygen atoms in total. The number of nitrogens with two attached hydrogens (primary N) is 1. The van der Waals surface area contributed by atoms with E-state index in [0.717, 1.165) is 36.7 Å². The number of benzene rings is 1. The van der Waals surface area contributed by atoms with E-state index in [1.54, 1.807) is 0 Å². The first-order valence-electron chi connectivity index (χ1n) is 7.32. The second kappa shape index (κ2) is 6.44. The van der Waals surface area contributed by atoms with Gasteiger partial charge in [0.1, 0.15) is 0 Å². The normalized spacial score (nSPS) is 22.4. The number of morpholine rings is 1. The summed E-state index contributed by atoms with van der Waals surface area (Å²) < 4.78 is 5.81. The van der Waals surface area contributed by atoms with E-state index >= 15 is 0 Å². The predicted octanol–water partition coefficient (Wildman–Crippen LogP) is 3.23. The summed E-state index contributed by atoms with van der Waals surface area (Å²) in [4.78, 5) is 2.42. The summed E-state index contributed by atoms with van der Waals surface area (Å²) in [5.74, 6) is 0. The van der Waals surface area contributed by atoms with Gasteiger partial charge in [-0.25, -0.2) is 0 Å². The van der Waals surface area contributed by atoms with Gasteiger partial charge < -0.3 is 10.5 Å². The van der Waals surface area contributed by atoms with Crippen molar-refractivity contribution in [3.63, 3.8) is 0 Å². The van der Waals surface area contributed by atoms with Crippen molar-refractivity contribution in [3.05, 3.63) is 34.9 Å². The van der Waals surface area contributed by atoms with Gasteiger partial charge in [0.25, 0.3) is 0 Å². The molecule has 0 amide bonds. The van der Waals surface area contributed by atoms with Crippen LogP contribution in [0.5, 0.6) is 0 Å². The minimum Gasteiger partial charge on any atom is -0.373 e. The zero-order valence-electron chi connectivity index (χ0n) is 12.6. The van der Waals surface area contributed by atoms with Gasteiger partial charge in [-0.05, 0) is 31.9 Å². The van der Waals surface area contributed by atoms with Crippen LogP contribution in [0, 0.1) is 0 Å². The van der Waals surface area contributed by atoms with Crippen LogP contribution in [0.4, 0.5) is 0 Å². The van der Waals surface area contributed by atoms with E-state index in [1.165, 1.54) is 0 Å². The maximum atomic E-state index is 6.40. The van der Waals surface area contributed by atoms with Crippen LogP contribution < -0.4 is 5.73 Å². The van der Waals surface area contributed by atoms with Gasteiger partial charge in [0.05, 0.1) is 18.2 Å². The van der Waals surface area contributed by atoms with Crippen LogP contribution in [-0.2, 0) is 4.74 Å². The van der Waals surface area contributed by atoms with E-state index in [4.69, 9.17) is 22.1 Å². The van der Waals surface area contributed by atoms with Gasteiger partial charge in [-0.3, -0.25) is 4.90 Å². The Labute approximate surface area is 127 Å². The molecule has 20 heavy (non-hydrogen) atoms. The molecule has 1 aliphatic heterocycles. The first kappa shape index (κ1) is 15.8. The molecule has 1 aromatic rings. The monoisotopic (exact) mass is 296 g/mol. The van der Waals surface area contributed by atoms with Crippen molar-refractivity contribution in [1.82, 2.24) is 4.90 Å². The molecule has 1 heterocycles. The van der Waals surface area contributed by atoms with E-state index in [0.29, 0.717) is 0 Å². The van der Waals surface area contributed by atoms with Gasteiger partial charge >= 0.3 is 0 Å². The fraction of sp³-hybridized carbons (Fsp3) is 0.625. The first-order chi connectivity index (χ1) is 9.44. The lowest BCUT2D eigenvalue weighted by atomic mass is 9.94. The fourth-order valence-electron chi connectivity index (χ4n) is 2.93. The summed E-state index contributed by atoms with van der Waals surface area (Å²) in [6, 6.07) is 8.25. The molecule has 4 heteroatoms. The SMILES string of the molecule is CCC(N)C(c1ccccc1Cl)N1CCOC(C)(C)C1. The molecule has 0 radical (unpaired) electrons. The lowest BCUT2D eigenvalue weighted by molar-refractivity contribution is -0.100. The van der Waals surface area contributed by atoms with Gasteiger partial charge in [-0.15, -0.1) is 0 Å². The van der Waals surface area contributed by atoms with Gasteiger partial charge in [0.2, 0.25) is 0 Å². The molecule has 112 valence electrons. The minimum absolute atomic E-state index is 0.0730. The van der Waals surface area contributed by atoms with Crippen LogP contribution in [0.1, 0.15) is 38.8 Å². The van der Waals surface area contributed by atoms with Crippen LogP contribution >= 0.6 is 11.6 Å². The van der Waals surface area contributed by atoms with Crippen LogP contribution in [-0.4, -0.2) is 36.2 Å². The molecule has 0 saturated carbocycles. The van der Waals surface area contributed by atoms with Crippen LogP contribution in [0.15, 0.2) is 24.3 Å². The first-order valence-corrected chi connectivity index (χ1v) is 7.70. The van der Waals surface area contributed by atoms with E-state index in [9.17, 15) is 0 Å². The molecule has 0 bridgehead atoms. The van der Waals surface area contributed by atoms with Crippen molar-refractivity contribution in [2.24, 2.45) is 5.73 Å². The summed E-state index contributed by atoms with van der Waals surface area (Å²) in [7, 11) is 0. The third-order valence-electron chi connectivity index (χ3n) is 3.95. The average molecular weight is 297 g/mol. The molecule has 2 rings (SSSR count). The Morgan fingerprint density at radius 2 is 2.10 bits per heavy atom. The van der Waals surface area contributed by atoms with Gasteiger partial charge in [0.15, 0.2) is 0 Å². The van der Waals surface area contributed by atoms with Crippen LogP contribution in [0.25, 0.3) is 0 Å².